The number of benzene rings is 1. The van der Waals surface area contributed by atoms with E-state index in [9.17, 15) is 9.90 Å². The molecule has 0 aliphatic carbocycles. The van der Waals surface area contributed by atoms with Gasteiger partial charge >= 0.3 is 5.97 Å². The second-order valence-electron chi connectivity index (χ2n) is 8.77. The van der Waals surface area contributed by atoms with Crippen molar-refractivity contribution in [3.8, 4) is 5.75 Å². The van der Waals surface area contributed by atoms with Crippen LogP contribution in [0.5, 0.6) is 5.75 Å². The molecule has 29 heavy (non-hydrogen) atoms. The number of likely N-dealkylation sites (tertiary alicyclic amines) is 1. The monoisotopic (exact) mass is 403 g/mol. The van der Waals surface area contributed by atoms with Gasteiger partial charge in [0.15, 0.2) is 0 Å². The summed E-state index contributed by atoms with van der Waals surface area (Å²) in [6.07, 6.45) is 0.825. The third-order valence-corrected chi connectivity index (χ3v) is 6.79. The van der Waals surface area contributed by atoms with Gasteiger partial charge in [-0.3, -0.25) is 14.6 Å². The molecule has 1 aromatic carbocycles. The smallest absolute Gasteiger partial charge is 0.313 e. The van der Waals surface area contributed by atoms with Crippen molar-refractivity contribution in [1.82, 2.24) is 14.7 Å². The molecule has 3 saturated heterocycles. The highest BCUT2D eigenvalue weighted by atomic mass is 16.5. The molecule has 0 unspecified atom stereocenters. The van der Waals surface area contributed by atoms with E-state index in [0.29, 0.717) is 26.4 Å². The third-order valence-electron chi connectivity index (χ3n) is 6.79. The third kappa shape index (κ3) is 4.58. The largest absolute Gasteiger partial charge is 0.492 e. The molecule has 1 N–H and O–H groups in total. The van der Waals surface area contributed by atoms with Gasteiger partial charge in [0.1, 0.15) is 17.8 Å². The minimum atomic E-state index is -0.754. The summed E-state index contributed by atoms with van der Waals surface area (Å²) in [7, 11) is 2.17. The zero-order valence-electron chi connectivity index (χ0n) is 17.4. The number of carbonyl (C=O) groups is 1. The fourth-order valence-corrected chi connectivity index (χ4v) is 4.89. The second kappa shape index (κ2) is 9.00. The van der Waals surface area contributed by atoms with Gasteiger partial charge in [-0.05, 0) is 25.5 Å². The summed E-state index contributed by atoms with van der Waals surface area (Å²) in [6, 6.07) is 8.16. The van der Waals surface area contributed by atoms with Crippen LogP contribution in [-0.4, -0.2) is 98.5 Å². The molecule has 2 atom stereocenters. The van der Waals surface area contributed by atoms with Crippen LogP contribution in [0.4, 0.5) is 0 Å². The molecule has 1 aromatic rings. The summed E-state index contributed by atoms with van der Waals surface area (Å²) in [4.78, 5) is 19.1. The fourth-order valence-electron chi connectivity index (χ4n) is 4.89. The Balaban J connectivity index is 1.34. The lowest BCUT2D eigenvalue weighted by atomic mass is 9.76. The summed E-state index contributed by atoms with van der Waals surface area (Å²) in [5.74, 6) is 0.359. The standard InChI is InChI=1S/C22H33N3O4/c1-23-7-9-24(10-8-23)11-13-29-20-5-3-2-4-18(20)14-25-15-19-6-12-28-17-22(19,16-25)21(26)27/h2-5,19H,6-17H2,1H3,(H,26,27)/t19-,22+/m0/s1. The van der Waals surface area contributed by atoms with Crippen molar-refractivity contribution >= 4 is 5.97 Å². The van der Waals surface area contributed by atoms with Crippen LogP contribution in [0.25, 0.3) is 0 Å². The second-order valence-corrected chi connectivity index (χ2v) is 8.77. The maximum absolute atomic E-state index is 12.0. The minimum absolute atomic E-state index is 0.166. The summed E-state index contributed by atoms with van der Waals surface area (Å²) in [5, 5.41) is 9.85. The number of hydrogen-bond donors (Lipinski definition) is 1. The molecule has 0 amide bonds. The number of fused-ring (bicyclic) bond motifs is 1. The first-order chi connectivity index (χ1) is 14.1. The Morgan fingerprint density at radius 2 is 2.03 bits per heavy atom. The molecule has 4 rings (SSSR count). The van der Waals surface area contributed by atoms with Crippen molar-refractivity contribution in [1.29, 1.82) is 0 Å². The van der Waals surface area contributed by atoms with E-state index in [1.54, 1.807) is 0 Å². The Morgan fingerprint density at radius 3 is 2.79 bits per heavy atom. The molecule has 3 aliphatic heterocycles. The average Bonchev–Trinajstić information content (AvgIpc) is 3.10. The molecule has 0 aromatic heterocycles. The lowest BCUT2D eigenvalue weighted by Crippen LogP contribution is -2.46. The Morgan fingerprint density at radius 1 is 1.24 bits per heavy atom. The van der Waals surface area contributed by atoms with Crippen LogP contribution in [-0.2, 0) is 16.1 Å². The molecule has 7 heteroatoms. The van der Waals surface area contributed by atoms with Crippen LogP contribution in [0.2, 0.25) is 0 Å². The fraction of sp³-hybridized carbons (Fsp3) is 0.682. The van der Waals surface area contributed by atoms with Crippen molar-refractivity contribution in [3.05, 3.63) is 29.8 Å². The Hall–Kier alpha value is -1.67. The topological polar surface area (TPSA) is 65.5 Å². The van der Waals surface area contributed by atoms with Crippen molar-refractivity contribution < 1.29 is 19.4 Å². The summed E-state index contributed by atoms with van der Waals surface area (Å²) < 4.78 is 11.7. The summed E-state index contributed by atoms with van der Waals surface area (Å²) in [5.41, 5.74) is 0.376. The number of ether oxygens (including phenoxy) is 2. The maximum Gasteiger partial charge on any atom is 0.313 e. The Bertz CT molecular complexity index is 707. The van der Waals surface area contributed by atoms with E-state index in [2.05, 4.69) is 27.8 Å². The van der Waals surface area contributed by atoms with Gasteiger partial charge in [0.05, 0.1) is 6.61 Å². The number of hydrogen-bond acceptors (Lipinski definition) is 6. The maximum atomic E-state index is 12.0. The average molecular weight is 404 g/mol. The van der Waals surface area contributed by atoms with Gasteiger partial charge < -0.3 is 19.5 Å². The number of carboxylic acid groups (broad SMARTS) is 1. The number of rotatable bonds is 7. The van der Waals surface area contributed by atoms with Gasteiger partial charge in [-0.1, -0.05) is 18.2 Å². The molecule has 0 saturated carbocycles. The molecule has 160 valence electrons. The molecule has 3 heterocycles. The highest BCUT2D eigenvalue weighted by Crippen LogP contribution is 2.42. The molecule has 0 spiro atoms. The number of aliphatic carboxylic acids is 1. The zero-order valence-corrected chi connectivity index (χ0v) is 17.4. The van der Waals surface area contributed by atoms with Crippen LogP contribution >= 0.6 is 0 Å². The van der Waals surface area contributed by atoms with Crippen molar-refractivity contribution in [2.75, 3.05) is 72.7 Å². The van der Waals surface area contributed by atoms with Crippen molar-refractivity contribution in [2.24, 2.45) is 11.3 Å². The van der Waals surface area contributed by atoms with E-state index < -0.39 is 11.4 Å². The predicted molar refractivity (Wildman–Crippen MR) is 110 cm³/mol. The Kier molecular flexibility index (Phi) is 6.39. The van der Waals surface area contributed by atoms with Gasteiger partial charge in [-0.2, -0.15) is 0 Å². The lowest BCUT2D eigenvalue weighted by Gasteiger charge is -2.34. The van der Waals surface area contributed by atoms with Gasteiger partial charge in [0.25, 0.3) is 0 Å². The minimum Gasteiger partial charge on any atom is -0.492 e. The van der Waals surface area contributed by atoms with E-state index in [4.69, 9.17) is 9.47 Å². The Labute approximate surface area is 173 Å². The molecular formula is C22H33N3O4. The van der Waals surface area contributed by atoms with E-state index >= 15 is 0 Å². The number of likely N-dealkylation sites (N-methyl/N-ethyl adjacent to an activating group) is 1. The highest BCUT2D eigenvalue weighted by molar-refractivity contribution is 5.76. The van der Waals surface area contributed by atoms with E-state index in [1.807, 2.05) is 18.2 Å². The molecule has 0 radical (unpaired) electrons. The number of piperazine rings is 1. The van der Waals surface area contributed by atoms with Gasteiger partial charge in [0, 0.05) is 64.5 Å². The SMILES string of the molecule is CN1CCN(CCOc2ccccc2CN2C[C@@H]3CCOC[C@]3(C(=O)O)C2)CC1. The first-order valence-corrected chi connectivity index (χ1v) is 10.7. The summed E-state index contributed by atoms with van der Waals surface area (Å²) in [6.45, 7) is 9.09. The zero-order chi connectivity index (χ0) is 20.3. The van der Waals surface area contributed by atoms with E-state index in [-0.39, 0.29) is 5.92 Å². The van der Waals surface area contributed by atoms with Crippen LogP contribution in [0, 0.1) is 11.3 Å². The molecule has 3 aliphatic rings. The van der Waals surface area contributed by atoms with Crippen LogP contribution in [0.3, 0.4) is 0 Å². The molecule has 3 fully saturated rings. The number of para-hydroxylation sites is 1. The molecule has 0 bridgehead atoms. The normalized spacial score (nSPS) is 28.9. The van der Waals surface area contributed by atoms with Crippen molar-refractivity contribution in [3.63, 3.8) is 0 Å². The molecular weight excluding hydrogens is 370 g/mol. The lowest BCUT2D eigenvalue weighted by molar-refractivity contribution is -0.159. The van der Waals surface area contributed by atoms with Gasteiger partial charge in [-0.15, -0.1) is 0 Å². The van der Waals surface area contributed by atoms with Gasteiger partial charge in [-0.25, -0.2) is 0 Å². The van der Waals surface area contributed by atoms with Crippen LogP contribution in [0.15, 0.2) is 24.3 Å². The number of nitrogens with zero attached hydrogens (tertiary/aromatic N) is 3. The number of carboxylic acids is 1. The first-order valence-electron chi connectivity index (χ1n) is 10.7. The van der Waals surface area contributed by atoms with E-state index in [0.717, 1.165) is 63.5 Å². The highest BCUT2D eigenvalue weighted by Gasteiger charge is 2.54. The summed E-state index contributed by atoms with van der Waals surface area (Å²) >= 11 is 0. The van der Waals surface area contributed by atoms with Crippen molar-refractivity contribution in [2.45, 2.75) is 13.0 Å². The van der Waals surface area contributed by atoms with Crippen LogP contribution < -0.4 is 4.74 Å². The van der Waals surface area contributed by atoms with Gasteiger partial charge in [0.2, 0.25) is 0 Å². The quantitative estimate of drug-likeness (QED) is 0.735. The molecule has 7 nitrogen and oxygen atoms in total. The van der Waals surface area contributed by atoms with Crippen LogP contribution in [0.1, 0.15) is 12.0 Å². The predicted octanol–water partition coefficient (Wildman–Crippen LogP) is 1.24. The first kappa shape index (κ1) is 20.6. The van der Waals surface area contributed by atoms with E-state index in [1.165, 1.54) is 0 Å².